The lowest BCUT2D eigenvalue weighted by molar-refractivity contribution is -0.384. The average Bonchev–Trinajstić information content (AvgIpc) is 2.65. The van der Waals surface area contributed by atoms with Crippen molar-refractivity contribution in [3.8, 4) is 0 Å². The van der Waals surface area contributed by atoms with Crippen molar-refractivity contribution in [1.82, 2.24) is 0 Å². The number of nitrogens with zero attached hydrogens (tertiary/aromatic N) is 2. The van der Waals surface area contributed by atoms with E-state index in [-0.39, 0.29) is 17.1 Å². The van der Waals surface area contributed by atoms with E-state index in [0.29, 0.717) is 5.56 Å². The molecule has 0 saturated heterocycles. The van der Waals surface area contributed by atoms with Gasteiger partial charge in [-0.25, -0.2) is 4.79 Å². The number of benzene rings is 3. The molecule has 25 heavy (non-hydrogen) atoms. The molecule has 0 aliphatic rings. The van der Waals surface area contributed by atoms with E-state index in [0.717, 1.165) is 10.8 Å². The molecule has 0 aliphatic carbocycles. The van der Waals surface area contributed by atoms with Crippen LogP contribution in [0.5, 0.6) is 0 Å². The minimum atomic E-state index is -0.752. The van der Waals surface area contributed by atoms with Crippen molar-refractivity contribution in [1.29, 1.82) is 0 Å². The van der Waals surface area contributed by atoms with E-state index in [2.05, 4.69) is 5.16 Å². The lowest BCUT2D eigenvalue weighted by atomic mass is 10.0. The smallest absolute Gasteiger partial charge is 0.365 e. The van der Waals surface area contributed by atoms with Crippen molar-refractivity contribution in [2.24, 2.45) is 10.9 Å². The molecule has 0 saturated carbocycles. The van der Waals surface area contributed by atoms with E-state index in [1.807, 2.05) is 36.4 Å². The van der Waals surface area contributed by atoms with Crippen LogP contribution >= 0.6 is 0 Å². The van der Waals surface area contributed by atoms with Crippen molar-refractivity contribution in [2.45, 2.75) is 0 Å². The fourth-order valence-electron chi connectivity index (χ4n) is 2.36. The normalized spacial score (nSPS) is 11.3. The number of hydrogen-bond acceptors (Lipinski definition) is 5. The largest absolute Gasteiger partial charge is 0.380 e. The molecule has 124 valence electrons. The molecule has 3 rings (SSSR count). The highest BCUT2D eigenvalue weighted by molar-refractivity contribution is 6.09. The monoisotopic (exact) mass is 335 g/mol. The number of oxime groups is 1. The quantitative estimate of drug-likeness (QED) is 0.259. The van der Waals surface area contributed by atoms with E-state index >= 15 is 0 Å². The Hall–Kier alpha value is -3.74. The number of carbonyl (C=O) groups excluding carboxylic acids is 1. The zero-order chi connectivity index (χ0) is 17.8. The number of fused-ring (bicyclic) bond motifs is 1. The molecular formula is C18H13N3O4. The Morgan fingerprint density at radius 2 is 1.68 bits per heavy atom. The molecule has 0 radical (unpaired) electrons. The number of nitrogens with two attached hydrogens (primary N) is 1. The van der Waals surface area contributed by atoms with Gasteiger partial charge in [-0.3, -0.25) is 10.1 Å². The van der Waals surface area contributed by atoms with Gasteiger partial charge in [-0.1, -0.05) is 47.6 Å². The highest BCUT2D eigenvalue weighted by Crippen LogP contribution is 2.18. The summed E-state index contributed by atoms with van der Waals surface area (Å²) in [5.74, 6) is -0.690. The van der Waals surface area contributed by atoms with Gasteiger partial charge in [0.15, 0.2) is 5.84 Å². The summed E-state index contributed by atoms with van der Waals surface area (Å²) in [5, 5.41) is 16.2. The van der Waals surface area contributed by atoms with E-state index in [1.165, 1.54) is 24.3 Å². The van der Waals surface area contributed by atoms with Crippen molar-refractivity contribution < 1.29 is 14.6 Å². The second-order valence-electron chi connectivity index (χ2n) is 5.19. The second kappa shape index (κ2) is 6.79. The first-order valence-electron chi connectivity index (χ1n) is 7.33. The predicted octanol–water partition coefficient (Wildman–Crippen LogP) is 3.23. The molecule has 0 unspecified atom stereocenters. The molecule has 7 nitrogen and oxygen atoms in total. The molecular weight excluding hydrogens is 322 g/mol. The van der Waals surface area contributed by atoms with Gasteiger partial charge in [0.25, 0.3) is 5.69 Å². The maximum absolute atomic E-state index is 12.0. The number of hydrogen-bond donors (Lipinski definition) is 1. The Kier molecular flexibility index (Phi) is 4.38. The van der Waals surface area contributed by atoms with Crippen LogP contribution in [0.1, 0.15) is 15.9 Å². The minimum Gasteiger partial charge on any atom is -0.380 e. The number of non-ortho nitro benzene ring substituents is 1. The SMILES string of the molecule is N/C(=N/OC(=O)c1ccc([N+](=O)[O-])cc1)c1cccc2ccccc12. The van der Waals surface area contributed by atoms with Crippen molar-refractivity contribution >= 4 is 28.3 Å². The highest BCUT2D eigenvalue weighted by Gasteiger charge is 2.12. The van der Waals surface area contributed by atoms with E-state index in [1.54, 1.807) is 6.07 Å². The predicted molar refractivity (Wildman–Crippen MR) is 93.2 cm³/mol. The number of nitro groups is 1. The lowest BCUT2D eigenvalue weighted by Crippen LogP contribution is -2.15. The van der Waals surface area contributed by atoms with Gasteiger partial charge >= 0.3 is 5.97 Å². The van der Waals surface area contributed by atoms with Crippen molar-refractivity contribution in [3.63, 3.8) is 0 Å². The van der Waals surface area contributed by atoms with Gasteiger partial charge in [-0.05, 0) is 22.9 Å². The first-order chi connectivity index (χ1) is 12.1. The van der Waals surface area contributed by atoms with Crippen LogP contribution in [-0.4, -0.2) is 16.7 Å². The molecule has 0 amide bonds. The van der Waals surface area contributed by atoms with Crippen molar-refractivity contribution in [2.75, 3.05) is 0 Å². The molecule has 0 fully saturated rings. The summed E-state index contributed by atoms with van der Waals surface area (Å²) in [7, 11) is 0. The fourth-order valence-corrected chi connectivity index (χ4v) is 2.36. The number of amidine groups is 1. The molecule has 3 aromatic rings. The number of nitro benzene ring substituents is 1. The van der Waals surface area contributed by atoms with Crippen LogP contribution in [0.15, 0.2) is 71.9 Å². The summed E-state index contributed by atoms with van der Waals surface area (Å²) >= 11 is 0. The minimum absolute atomic E-state index is 0.0621. The molecule has 0 aromatic heterocycles. The summed E-state index contributed by atoms with van der Waals surface area (Å²) < 4.78 is 0. The van der Waals surface area contributed by atoms with Gasteiger partial charge < -0.3 is 10.6 Å². The maximum atomic E-state index is 12.0. The molecule has 0 spiro atoms. The summed E-state index contributed by atoms with van der Waals surface area (Å²) in [6.07, 6.45) is 0. The van der Waals surface area contributed by atoms with Gasteiger partial charge in [0.2, 0.25) is 0 Å². The number of rotatable bonds is 4. The van der Waals surface area contributed by atoms with Crippen LogP contribution in [0.3, 0.4) is 0 Å². The Morgan fingerprint density at radius 3 is 2.40 bits per heavy atom. The van der Waals surface area contributed by atoms with E-state index in [4.69, 9.17) is 10.6 Å². The van der Waals surface area contributed by atoms with Crippen LogP contribution in [-0.2, 0) is 4.84 Å². The molecule has 0 aliphatic heterocycles. The zero-order valence-electron chi connectivity index (χ0n) is 13.0. The van der Waals surface area contributed by atoms with Gasteiger partial charge in [0.05, 0.1) is 10.5 Å². The third-order valence-corrected chi connectivity index (χ3v) is 3.61. The summed E-state index contributed by atoms with van der Waals surface area (Å²) in [6, 6.07) is 18.2. The molecule has 3 aromatic carbocycles. The van der Waals surface area contributed by atoms with Gasteiger partial charge in [-0.15, -0.1) is 0 Å². The van der Waals surface area contributed by atoms with Gasteiger partial charge in [0, 0.05) is 17.7 Å². The van der Waals surface area contributed by atoms with Crippen LogP contribution in [0, 0.1) is 10.1 Å². The maximum Gasteiger partial charge on any atom is 0.365 e. The van der Waals surface area contributed by atoms with Gasteiger partial charge in [-0.2, -0.15) is 0 Å². The average molecular weight is 335 g/mol. The number of carbonyl (C=O) groups is 1. The topological polar surface area (TPSA) is 108 Å². The van der Waals surface area contributed by atoms with E-state index < -0.39 is 10.9 Å². The molecule has 7 heteroatoms. The van der Waals surface area contributed by atoms with Crippen molar-refractivity contribution in [3.05, 3.63) is 88.0 Å². The molecule has 0 heterocycles. The standard InChI is InChI=1S/C18H13N3O4/c19-17(16-7-3-5-12-4-1-2-6-15(12)16)20-25-18(22)13-8-10-14(11-9-13)21(23)24/h1-11H,(H2,19,20). The highest BCUT2D eigenvalue weighted by atomic mass is 16.7. The van der Waals surface area contributed by atoms with Crippen LogP contribution < -0.4 is 5.73 Å². The zero-order valence-corrected chi connectivity index (χ0v) is 13.0. The summed E-state index contributed by atoms with van der Waals surface area (Å²) in [4.78, 5) is 26.9. The summed E-state index contributed by atoms with van der Waals surface area (Å²) in [6.45, 7) is 0. The third-order valence-electron chi connectivity index (χ3n) is 3.61. The Balaban J connectivity index is 1.80. The first-order valence-corrected chi connectivity index (χ1v) is 7.33. The Morgan fingerprint density at radius 1 is 1.00 bits per heavy atom. The summed E-state index contributed by atoms with van der Waals surface area (Å²) in [5.41, 5.74) is 6.61. The second-order valence-corrected chi connectivity index (χ2v) is 5.19. The third kappa shape index (κ3) is 3.45. The van der Waals surface area contributed by atoms with E-state index in [9.17, 15) is 14.9 Å². The Labute approximate surface area is 142 Å². The Bertz CT molecular complexity index is 976. The lowest BCUT2D eigenvalue weighted by Gasteiger charge is -2.05. The molecule has 2 N–H and O–H groups in total. The fraction of sp³-hybridized carbons (Fsp3) is 0. The molecule has 0 atom stereocenters. The van der Waals surface area contributed by atoms with Gasteiger partial charge in [0.1, 0.15) is 0 Å². The van der Waals surface area contributed by atoms with Crippen LogP contribution in [0.2, 0.25) is 0 Å². The molecule has 0 bridgehead atoms. The van der Waals surface area contributed by atoms with Crippen LogP contribution in [0.4, 0.5) is 5.69 Å². The van der Waals surface area contributed by atoms with Crippen LogP contribution in [0.25, 0.3) is 10.8 Å². The first kappa shape index (κ1) is 16.1.